The first-order chi connectivity index (χ1) is 11.5. The number of carbonyl (C=O) groups excluding carboxylic acids is 1. The summed E-state index contributed by atoms with van der Waals surface area (Å²) in [4.78, 5) is 28.3. The standard InChI is InChI=1S/C17H22N4O3/c1-12(22)11-20-6-8-21(9-7-20)16(23)10-15-13-4-2-3-5-14(13)17(24)19-18-15/h2-5,12,22H,6-11H2,1H3,(H,19,24)/t12-/m1/s1. The molecule has 7 nitrogen and oxygen atoms in total. The van der Waals surface area contributed by atoms with E-state index < -0.39 is 0 Å². The summed E-state index contributed by atoms with van der Waals surface area (Å²) in [5.41, 5.74) is 0.357. The number of aromatic nitrogens is 2. The molecule has 1 saturated heterocycles. The van der Waals surface area contributed by atoms with E-state index in [2.05, 4.69) is 15.1 Å². The molecular weight excluding hydrogens is 308 g/mol. The Morgan fingerprint density at radius 1 is 1.25 bits per heavy atom. The molecule has 0 aliphatic carbocycles. The summed E-state index contributed by atoms with van der Waals surface area (Å²) in [7, 11) is 0. The summed E-state index contributed by atoms with van der Waals surface area (Å²) in [6.45, 7) is 5.21. The van der Waals surface area contributed by atoms with Crippen LogP contribution in [0.5, 0.6) is 0 Å². The lowest BCUT2D eigenvalue weighted by atomic mass is 10.1. The number of aliphatic hydroxyl groups is 1. The number of piperazine rings is 1. The highest BCUT2D eigenvalue weighted by Gasteiger charge is 2.22. The highest BCUT2D eigenvalue weighted by molar-refractivity contribution is 5.88. The van der Waals surface area contributed by atoms with Gasteiger partial charge in [0.05, 0.1) is 23.6 Å². The van der Waals surface area contributed by atoms with Crippen molar-refractivity contribution in [3.05, 3.63) is 40.3 Å². The zero-order chi connectivity index (χ0) is 17.1. The van der Waals surface area contributed by atoms with Crippen LogP contribution in [0.15, 0.2) is 29.1 Å². The predicted octanol–water partition coefficient (Wildman–Crippen LogP) is -0.00940. The number of aromatic amines is 1. The van der Waals surface area contributed by atoms with Gasteiger partial charge in [-0.2, -0.15) is 5.10 Å². The molecule has 2 heterocycles. The topological polar surface area (TPSA) is 89.5 Å². The Balaban J connectivity index is 1.68. The molecule has 0 radical (unpaired) electrons. The highest BCUT2D eigenvalue weighted by Crippen LogP contribution is 2.14. The van der Waals surface area contributed by atoms with E-state index in [1.54, 1.807) is 19.1 Å². The van der Waals surface area contributed by atoms with Crippen molar-refractivity contribution >= 4 is 16.7 Å². The van der Waals surface area contributed by atoms with E-state index in [4.69, 9.17) is 0 Å². The lowest BCUT2D eigenvalue weighted by molar-refractivity contribution is -0.132. The van der Waals surface area contributed by atoms with Crippen molar-refractivity contribution in [3.63, 3.8) is 0 Å². The highest BCUT2D eigenvalue weighted by atomic mass is 16.3. The number of rotatable bonds is 4. The number of aliphatic hydroxyl groups excluding tert-OH is 1. The molecule has 0 spiro atoms. The third-order valence-electron chi connectivity index (χ3n) is 4.34. The van der Waals surface area contributed by atoms with Gasteiger partial charge in [-0.1, -0.05) is 18.2 Å². The minimum Gasteiger partial charge on any atom is -0.392 e. The molecule has 1 amide bonds. The van der Waals surface area contributed by atoms with Crippen LogP contribution in [0.1, 0.15) is 12.6 Å². The number of carbonyl (C=O) groups is 1. The second-order valence-corrected chi connectivity index (χ2v) is 6.25. The Morgan fingerprint density at radius 2 is 1.92 bits per heavy atom. The lowest BCUT2D eigenvalue weighted by Crippen LogP contribution is -2.50. The van der Waals surface area contributed by atoms with Gasteiger partial charge < -0.3 is 10.0 Å². The predicted molar refractivity (Wildman–Crippen MR) is 90.8 cm³/mol. The van der Waals surface area contributed by atoms with Crippen LogP contribution in [0.3, 0.4) is 0 Å². The maximum atomic E-state index is 12.6. The van der Waals surface area contributed by atoms with Gasteiger partial charge in [0.25, 0.3) is 5.56 Å². The van der Waals surface area contributed by atoms with Crippen LogP contribution in [0.25, 0.3) is 10.8 Å². The number of nitrogens with zero attached hydrogens (tertiary/aromatic N) is 3. The van der Waals surface area contributed by atoms with E-state index in [9.17, 15) is 14.7 Å². The van der Waals surface area contributed by atoms with Crippen LogP contribution in [0.2, 0.25) is 0 Å². The molecule has 1 aliphatic rings. The molecule has 2 aromatic rings. The van der Waals surface area contributed by atoms with E-state index in [0.29, 0.717) is 30.7 Å². The van der Waals surface area contributed by atoms with E-state index in [0.717, 1.165) is 18.5 Å². The minimum atomic E-state index is -0.357. The largest absolute Gasteiger partial charge is 0.392 e. The smallest absolute Gasteiger partial charge is 0.272 e. The van der Waals surface area contributed by atoms with Gasteiger partial charge in [0.1, 0.15) is 0 Å². The Morgan fingerprint density at radius 3 is 2.58 bits per heavy atom. The Hall–Kier alpha value is -2.25. The maximum Gasteiger partial charge on any atom is 0.272 e. The molecule has 1 fully saturated rings. The van der Waals surface area contributed by atoms with Crippen LogP contribution in [0.4, 0.5) is 0 Å². The third kappa shape index (κ3) is 3.63. The van der Waals surface area contributed by atoms with Crippen LogP contribution >= 0.6 is 0 Å². The summed E-state index contributed by atoms with van der Waals surface area (Å²) >= 11 is 0. The Kier molecular flexibility index (Phi) is 4.92. The Labute approximate surface area is 139 Å². The van der Waals surface area contributed by atoms with E-state index in [-0.39, 0.29) is 24.0 Å². The molecule has 128 valence electrons. The summed E-state index contributed by atoms with van der Waals surface area (Å²) in [6.07, 6.45) is -0.183. The van der Waals surface area contributed by atoms with Crippen molar-refractivity contribution in [2.24, 2.45) is 0 Å². The van der Waals surface area contributed by atoms with Gasteiger partial charge in [-0.05, 0) is 13.0 Å². The first kappa shape index (κ1) is 16.6. The first-order valence-electron chi connectivity index (χ1n) is 8.19. The molecule has 7 heteroatoms. The Bertz CT molecular complexity index is 779. The van der Waals surface area contributed by atoms with Crippen molar-refractivity contribution in [2.75, 3.05) is 32.7 Å². The quantitative estimate of drug-likeness (QED) is 0.823. The van der Waals surface area contributed by atoms with E-state index in [1.807, 2.05) is 17.0 Å². The molecule has 2 N–H and O–H groups in total. The zero-order valence-electron chi connectivity index (χ0n) is 13.7. The number of β-amino-alcohol motifs (C(OH)–C–C–N with tert-alkyl or cyclic N) is 1. The number of fused-ring (bicyclic) bond motifs is 1. The molecule has 1 aromatic heterocycles. The average Bonchev–Trinajstić information content (AvgIpc) is 2.58. The van der Waals surface area contributed by atoms with Gasteiger partial charge >= 0.3 is 0 Å². The van der Waals surface area contributed by atoms with Crippen molar-refractivity contribution in [1.29, 1.82) is 0 Å². The number of hydrogen-bond donors (Lipinski definition) is 2. The number of benzene rings is 1. The van der Waals surface area contributed by atoms with Gasteiger partial charge in [-0.3, -0.25) is 14.5 Å². The molecule has 1 aliphatic heterocycles. The average molecular weight is 330 g/mol. The first-order valence-corrected chi connectivity index (χ1v) is 8.19. The molecule has 0 unspecified atom stereocenters. The summed E-state index contributed by atoms with van der Waals surface area (Å²) in [5, 5.41) is 17.2. The van der Waals surface area contributed by atoms with Gasteiger partial charge in [0, 0.05) is 38.1 Å². The SMILES string of the molecule is C[C@@H](O)CN1CCN(C(=O)Cc2n[nH]c(=O)c3ccccc23)CC1. The van der Waals surface area contributed by atoms with Crippen LogP contribution < -0.4 is 5.56 Å². The maximum absolute atomic E-state index is 12.6. The number of nitrogens with one attached hydrogen (secondary N) is 1. The van der Waals surface area contributed by atoms with Gasteiger partial charge in [0.15, 0.2) is 0 Å². The van der Waals surface area contributed by atoms with Gasteiger partial charge in [-0.25, -0.2) is 5.10 Å². The van der Waals surface area contributed by atoms with Crippen LogP contribution in [-0.4, -0.2) is 69.8 Å². The molecule has 1 atom stereocenters. The molecule has 3 rings (SSSR count). The van der Waals surface area contributed by atoms with Gasteiger partial charge in [0.2, 0.25) is 5.91 Å². The van der Waals surface area contributed by atoms with Gasteiger partial charge in [-0.15, -0.1) is 0 Å². The lowest BCUT2D eigenvalue weighted by Gasteiger charge is -2.35. The summed E-state index contributed by atoms with van der Waals surface area (Å²) < 4.78 is 0. The van der Waals surface area contributed by atoms with Crippen molar-refractivity contribution in [1.82, 2.24) is 20.0 Å². The zero-order valence-corrected chi connectivity index (χ0v) is 13.7. The molecule has 24 heavy (non-hydrogen) atoms. The number of amides is 1. The van der Waals surface area contributed by atoms with Crippen LogP contribution in [-0.2, 0) is 11.2 Å². The number of hydrogen-bond acceptors (Lipinski definition) is 5. The van der Waals surface area contributed by atoms with Crippen molar-refractivity contribution < 1.29 is 9.90 Å². The fourth-order valence-corrected chi connectivity index (χ4v) is 3.11. The summed E-state index contributed by atoms with van der Waals surface area (Å²) in [6, 6.07) is 7.19. The molecule has 0 bridgehead atoms. The summed E-state index contributed by atoms with van der Waals surface area (Å²) in [5.74, 6) is 0.0106. The fourth-order valence-electron chi connectivity index (χ4n) is 3.11. The van der Waals surface area contributed by atoms with Crippen molar-refractivity contribution in [2.45, 2.75) is 19.4 Å². The molecular formula is C17H22N4O3. The molecule has 0 saturated carbocycles. The normalized spacial score (nSPS) is 17.2. The fraction of sp³-hybridized carbons (Fsp3) is 0.471. The van der Waals surface area contributed by atoms with E-state index in [1.165, 1.54) is 0 Å². The van der Waals surface area contributed by atoms with Crippen LogP contribution in [0, 0.1) is 0 Å². The van der Waals surface area contributed by atoms with E-state index >= 15 is 0 Å². The minimum absolute atomic E-state index is 0.0106. The second kappa shape index (κ2) is 7.11. The van der Waals surface area contributed by atoms with Crippen molar-refractivity contribution in [3.8, 4) is 0 Å². The third-order valence-corrected chi connectivity index (χ3v) is 4.34. The second-order valence-electron chi connectivity index (χ2n) is 6.25. The molecule has 1 aromatic carbocycles. The monoisotopic (exact) mass is 330 g/mol. The number of H-pyrrole nitrogens is 1.